The summed E-state index contributed by atoms with van der Waals surface area (Å²) in [6, 6.07) is 12.5. The van der Waals surface area contributed by atoms with E-state index in [1.54, 1.807) is 6.07 Å². The fourth-order valence-electron chi connectivity index (χ4n) is 3.08. The Hall–Kier alpha value is -2.34. The van der Waals surface area contributed by atoms with Crippen LogP contribution >= 0.6 is 11.8 Å². The Morgan fingerprint density at radius 2 is 2.00 bits per heavy atom. The Kier molecular flexibility index (Phi) is 5.93. The number of benzene rings is 2. The summed E-state index contributed by atoms with van der Waals surface area (Å²) in [5.74, 6) is -0.354. The third-order valence-corrected chi connectivity index (χ3v) is 5.15. The summed E-state index contributed by atoms with van der Waals surface area (Å²) < 4.78 is 14.1. The predicted molar refractivity (Wildman–Crippen MR) is 104 cm³/mol. The Balaban J connectivity index is 1.53. The molecule has 136 valence electrons. The Morgan fingerprint density at radius 3 is 2.81 bits per heavy atom. The molecule has 0 saturated heterocycles. The number of rotatable bonds is 5. The van der Waals surface area contributed by atoms with E-state index < -0.39 is 0 Å². The fourth-order valence-corrected chi connectivity index (χ4v) is 3.77. The largest absolute Gasteiger partial charge is 0.325 e. The van der Waals surface area contributed by atoms with Crippen LogP contribution in [0.1, 0.15) is 17.5 Å². The number of nitrogens with zero attached hydrogens (tertiary/aromatic N) is 1. The van der Waals surface area contributed by atoms with Gasteiger partial charge < -0.3 is 10.2 Å². The minimum absolute atomic E-state index is 0.148. The standard InChI is InChI=1S/C20H21FN2O2S/c1-14-5-2-8-16(11-14)22-18(24)12-26-13-19(25)23-10-4-7-15-6-3-9-17(21)20(15)23/h2-3,5-6,8-9,11H,4,7,10,12-13H2,1H3,(H,22,24). The summed E-state index contributed by atoms with van der Waals surface area (Å²) in [4.78, 5) is 26.0. The van der Waals surface area contributed by atoms with Gasteiger partial charge in [-0.25, -0.2) is 4.39 Å². The minimum atomic E-state index is -0.363. The maximum Gasteiger partial charge on any atom is 0.237 e. The van der Waals surface area contributed by atoms with E-state index in [0.717, 1.165) is 29.7 Å². The zero-order valence-electron chi connectivity index (χ0n) is 14.6. The van der Waals surface area contributed by atoms with Gasteiger partial charge in [-0.1, -0.05) is 24.3 Å². The highest BCUT2D eigenvalue weighted by atomic mass is 32.2. The van der Waals surface area contributed by atoms with Gasteiger partial charge in [0.1, 0.15) is 5.82 Å². The molecule has 0 aromatic heterocycles. The van der Waals surface area contributed by atoms with E-state index in [2.05, 4.69) is 5.32 Å². The molecule has 2 aromatic rings. The summed E-state index contributed by atoms with van der Waals surface area (Å²) in [6.45, 7) is 2.47. The van der Waals surface area contributed by atoms with Crippen molar-refractivity contribution in [2.24, 2.45) is 0 Å². The van der Waals surface area contributed by atoms with Gasteiger partial charge in [0.15, 0.2) is 0 Å². The number of para-hydroxylation sites is 1. The minimum Gasteiger partial charge on any atom is -0.325 e. The maximum absolute atomic E-state index is 14.1. The first-order valence-corrected chi connectivity index (χ1v) is 9.72. The highest BCUT2D eigenvalue weighted by Crippen LogP contribution is 2.30. The molecular weight excluding hydrogens is 351 g/mol. The SMILES string of the molecule is Cc1cccc(NC(=O)CSCC(=O)N2CCCc3cccc(F)c32)c1. The second kappa shape index (κ2) is 8.36. The zero-order valence-corrected chi connectivity index (χ0v) is 15.4. The third-order valence-electron chi connectivity index (χ3n) is 4.23. The van der Waals surface area contributed by atoms with E-state index in [0.29, 0.717) is 12.2 Å². The normalized spacial score (nSPS) is 13.2. The number of aryl methyl sites for hydroxylation is 2. The quantitative estimate of drug-likeness (QED) is 0.869. The van der Waals surface area contributed by atoms with Gasteiger partial charge >= 0.3 is 0 Å². The zero-order chi connectivity index (χ0) is 18.5. The van der Waals surface area contributed by atoms with Crippen molar-refractivity contribution in [3.8, 4) is 0 Å². The molecule has 0 saturated carbocycles. The van der Waals surface area contributed by atoms with Crippen molar-refractivity contribution in [2.75, 3.05) is 28.3 Å². The average molecular weight is 372 g/mol. The number of thioether (sulfide) groups is 1. The molecular formula is C20H21FN2O2S. The molecule has 0 fully saturated rings. The summed E-state index contributed by atoms with van der Waals surface area (Å²) in [5.41, 5.74) is 3.07. The average Bonchev–Trinajstić information content (AvgIpc) is 2.61. The highest BCUT2D eigenvalue weighted by molar-refractivity contribution is 8.00. The fraction of sp³-hybridized carbons (Fsp3) is 0.300. The van der Waals surface area contributed by atoms with E-state index in [1.807, 2.05) is 37.3 Å². The Bertz CT molecular complexity index is 825. The number of fused-ring (bicyclic) bond motifs is 1. The summed E-state index contributed by atoms with van der Waals surface area (Å²) >= 11 is 1.24. The molecule has 0 unspecified atom stereocenters. The van der Waals surface area contributed by atoms with Gasteiger partial charge in [-0.15, -0.1) is 11.8 Å². The number of hydrogen-bond donors (Lipinski definition) is 1. The highest BCUT2D eigenvalue weighted by Gasteiger charge is 2.25. The number of carbonyl (C=O) groups is 2. The van der Waals surface area contributed by atoms with Crippen molar-refractivity contribution in [1.29, 1.82) is 0 Å². The van der Waals surface area contributed by atoms with Gasteiger partial charge in [0.05, 0.1) is 17.2 Å². The smallest absolute Gasteiger partial charge is 0.237 e. The van der Waals surface area contributed by atoms with Gasteiger partial charge in [0.2, 0.25) is 11.8 Å². The number of anilines is 2. The van der Waals surface area contributed by atoms with Crippen LogP contribution in [0.15, 0.2) is 42.5 Å². The lowest BCUT2D eigenvalue weighted by Gasteiger charge is -2.29. The van der Waals surface area contributed by atoms with Gasteiger partial charge in [-0.3, -0.25) is 9.59 Å². The molecule has 6 heteroatoms. The molecule has 1 N–H and O–H groups in total. The second-order valence-electron chi connectivity index (χ2n) is 6.31. The summed E-state index contributed by atoms with van der Waals surface area (Å²) in [7, 11) is 0. The molecule has 1 heterocycles. The van der Waals surface area contributed by atoms with Gasteiger partial charge in [0.25, 0.3) is 0 Å². The van der Waals surface area contributed by atoms with Crippen LogP contribution in [0.4, 0.5) is 15.8 Å². The first-order valence-electron chi connectivity index (χ1n) is 8.56. The van der Waals surface area contributed by atoms with Crippen LogP contribution in [-0.2, 0) is 16.0 Å². The van der Waals surface area contributed by atoms with Crippen LogP contribution in [0, 0.1) is 12.7 Å². The topological polar surface area (TPSA) is 49.4 Å². The van der Waals surface area contributed by atoms with Crippen molar-refractivity contribution in [2.45, 2.75) is 19.8 Å². The van der Waals surface area contributed by atoms with E-state index >= 15 is 0 Å². The Morgan fingerprint density at radius 1 is 1.19 bits per heavy atom. The number of nitrogens with one attached hydrogen (secondary N) is 1. The summed E-state index contributed by atoms with van der Waals surface area (Å²) in [5, 5.41) is 2.82. The maximum atomic E-state index is 14.1. The number of amides is 2. The number of carbonyl (C=O) groups excluding carboxylic acids is 2. The molecule has 1 aliphatic heterocycles. The first-order chi connectivity index (χ1) is 12.5. The number of hydrogen-bond acceptors (Lipinski definition) is 3. The molecule has 0 radical (unpaired) electrons. The molecule has 4 nitrogen and oxygen atoms in total. The monoisotopic (exact) mass is 372 g/mol. The predicted octanol–water partition coefficient (Wildman–Crippen LogP) is 3.79. The lowest BCUT2D eigenvalue weighted by atomic mass is 10.0. The van der Waals surface area contributed by atoms with Crippen LogP contribution in [-0.4, -0.2) is 29.9 Å². The van der Waals surface area contributed by atoms with Crippen molar-refractivity contribution < 1.29 is 14.0 Å². The molecule has 3 rings (SSSR count). The molecule has 0 spiro atoms. The van der Waals surface area contributed by atoms with Gasteiger partial charge in [0, 0.05) is 12.2 Å². The molecule has 0 atom stereocenters. The van der Waals surface area contributed by atoms with Crippen LogP contribution in [0.3, 0.4) is 0 Å². The van der Waals surface area contributed by atoms with Gasteiger partial charge in [-0.05, 0) is 49.1 Å². The van der Waals surface area contributed by atoms with E-state index in [9.17, 15) is 14.0 Å². The Labute approximate surface area is 156 Å². The lowest BCUT2D eigenvalue weighted by Crippen LogP contribution is -2.37. The molecule has 26 heavy (non-hydrogen) atoms. The van der Waals surface area contributed by atoms with E-state index in [4.69, 9.17) is 0 Å². The number of halogens is 1. The van der Waals surface area contributed by atoms with Crippen LogP contribution in [0.25, 0.3) is 0 Å². The second-order valence-corrected chi connectivity index (χ2v) is 7.29. The van der Waals surface area contributed by atoms with Crippen LogP contribution in [0.5, 0.6) is 0 Å². The lowest BCUT2D eigenvalue weighted by molar-refractivity contribution is -0.116. The molecule has 0 aliphatic carbocycles. The molecule has 2 amide bonds. The van der Waals surface area contributed by atoms with Crippen molar-refractivity contribution in [3.05, 3.63) is 59.4 Å². The van der Waals surface area contributed by atoms with Crippen molar-refractivity contribution in [1.82, 2.24) is 0 Å². The summed E-state index contributed by atoms with van der Waals surface area (Å²) in [6.07, 6.45) is 1.60. The van der Waals surface area contributed by atoms with E-state index in [-0.39, 0.29) is 29.1 Å². The molecule has 2 aromatic carbocycles. The van der Waals surface area contributed by atoms with E-state index in [1.165, 1.54) is 22.7 Å². The first kappa shape index (κ1) is 18.5. The van der Waals surface area contributed by atoms with Crippen LogP contribution < -0.4 is 10.2 Å². The van der Waals surface area contributed by atoms with Crippen molar-refractivity contribution in [3.63, 3.8) is 0 Å². The van der Waals surface area contributed by atoms with Crippen LogP contribution in [0.2, 0.25) is 0 Å². The third kappa shape index (κ3) is 4.43. The molecule has 0 bridgehead atoms. The molecule has 1 aliphatic rings. The van der Waals surface area contributed by atoms with Crippen molar-refractivity contribution >= 4 is 35.0 Å². The van der Waals surface area contributed by atoms with Gasteiger partial charge in [-0.2, -0.15) is 0 Å².